The van der Waals surface area contributed by atoms with Gasteiger partial charge < -0.3 is 19.5 Å². The predicted molar refractivity (Wildman–Crippen MR) is 98.6 cm³/mol. The minimum absolute atomic E-state index is 0.00817. The molecule has 1 heterocycles. The van der Waals surface area contributed by atoms with Crippen molar-refractivity contribution in [1.29, 1.82) is 0 Å². The average Bonchev–Trinajstić information content (AvgIpc) is 2.96. The number of aliphatic carboxylic acids is 1. The van der Waals surface area contributed by atoms with Crippen LogP contribution in [0.3, 0.4) is 0 Å². The summed E-state index contributed by atoms with van der Waals surface area (Å²) in [6, 6.07) is 16.3. The van der Waals surface area contributed by atoms with Gasteiger partial charge in [0.15, 0.2) is 0 Å². The SMILES string of the molecule is COC1(CC(=O)O)CN(C(=O)OCC2c3ccccc3-c3ccccc32)C1. The van der Waals surface area contributed by atoms with E-state index in [9.17, 15) is 9.59 Å². The number of likely N-dealkylation sites (tertiary alicyclic amines) is 1. The normalized spacial score (nSPS) is 17.0. The van der Waals surface area contributed by atoms with Crippen molar-refractivity contribution in [3.05, 3.63) is 59.7 Å². The number of carbonyl (C=O) groups is 2. The summed E-state index contributed by atoms with van der Waals surface area (Å²) in [6.07, 6.45) is -0.564. The van der Waals surface area contributed by atoms with E-state index in [0.717, 1.165) is 11.1 Å². The number of hydrogen-bond acceptors (Lipinski definition) is 4. The molecule has 0 bridgehead atoms. The molecule has 1 aliphatic carbocycles. The average molecular weight is 367 g/mol. The van der Waals surface area contributed by atoms with Gasteiger partial charge in [0.1, 0.15) is 12.2 Å². The monoisotopic (exact) mass is 367 g/mol. The predicted octanol–water partition coefficient (Wildman–Crippen LogP) is 3.11. The summed E-state index contributed by atoms with van der Waals surface area (Å²) in [5.41, 5.74) is 3.87. The van der Waals surface area contributed by atoms with E-state index in [1.165, 1.54) is 23.1 Å². The van der Waals surface area contributed by atoms with Crippen LogP contribution in [-0.4, -0.2) is 54.5 Å². The van der Waals surface area contributed by atoms with E-state index in [0.29, 0.717) is 0 Å². The molecule has 1 N–H and O–H groups in total. The lowest BCUT2D eigenvalue weighted by molar-refractivity contribution is -0.157. The molecule has 2 aromatic carbocycles. The number of nitrogens with zero attached hydrogens (tertiary/aromatic N) is 1. The fourth-order valence-electron chi connectivity index (χ4n) is 4.05. The van der Waals surface area contributed by atoms with Gasteiger partial charge in [-0.3, -0.25) is 4.79 Å². The Morgan fingerprint density at radius 2 is 1.63 bits per heavy atom. The number of benzene rings is 2. The molecule has 0 radical (unpaired) electrons. The van der Waals surface area contributed by atoms with E-state index >= 15 is 0 Å². The van der Waals surface area contributed by atoms with Gasteiger partial charge in [-0.05, 0) is 22.3 Å². The van der Waals surface area contributed by atoms with Crippen molar-refractivity contribution in [3.8, 4) is 11.1 Å². The zero-order valence-corrected chi connectivity index (χ0v) is 15.1. The molecule has 0 atom stereocenters. The highest BCUT2D eigenvalue weighted by Gasteiger charge is 2.48. The number of ether oxygens (including phenoxy) is 2. The van der Waals surface area contributed by atoms with Crippen molar-refractivity contribution < 1.29 is 24.2 Å². The molecule has 2 aromatic rings. The fraction of sp³-hybridized carbons (Fsp3) is 0.333. The summed E-state index contributed by atoms with van der Waals surface area (Å²) in [5.74, 6) is -0.933. The Morgan fingerprint density at radius 3 is 2.15 bits per heavy atom. The van der Waals surface area contributed by atoms with Gasteiger partial charge in [-0.25, -0.2) is 4.79 Å². The number of carboxylic acid groups (broad SMARTS) is 1. The number of carboxylic acids is 1. The Morgan fingerprint density at radius 1 is 1.07 bits per heavy atom. The maximum Gasteiger partial charge on any atom is 0.409 e. The maximum atomic E-state index is 12.4. The van der Waals surface area contributed by atoms with Crippen molar-refractivity contribution in [3.63, 3.8) is 0 Å². The largest absolute Gasteiger partial charge is 0.481 e. The van der Waals surface area contributed by atoms with Gasteiger partial charge in [0, 0.05) is 13.0 Å². The molecule has 140 valence electrons. The van der Waals surface area contributed by atoms with E-state index < -0.39 is 17.7 Å². The van der Waals surface area contributed by atoms with Crippen LogP contribution in [-0.2, 0) is 14.3 Å². The number of fused-ring (bicyclic) bond motifs is 3. The molecule has 0 saturated carbocycles. The van der Waals surface area contributed by atoms with Gasteiger partial charge in [0.05, 0.1) is 19.5 Å². The quantitative estimate of drug-likeness (QED) is 0.879. The van der Waals surface area contributed by atoms with E-state index in [4.69, 9.17) is 14.6 Å². The lowest BCUT2D eigenvalue weighted by atomic mass is 9.90. The highest BCUT2D eigenvalue weighted by molar-refractivity contribution is 5.79. The van der Waals surface area contributed by atoms with Crippen LogP contribution in [0.15, 0.2) is 48.5 Å². The Labute approximate surface area is 157 Å². The Hall–Kier alpha value is -2.86. The molecule has 0 spiro atoms. The highest BCUT2D eigenvalue weighted by Crippen LogP contribution is 2.44. The molecule has 6 heteroatoms. The first-order valence-electron chi connectivity index (χ1n) is 8.90. The standard InChI is InChI=1S/C21H21NO5/c1-26-21(10-19(23)24)12-22(13-21)20(25)27-11-18-16-8-4-2-6-14(16)15-7-3-5-9-17(15)18/h2-9,18H,10-13H2,1H3,(H,23,24). The summed E-state index contributed by atoms with van der Waals surface area (Å²) < 4.78 is 10.9. The van der Waals surface area contributed by atoms with Gasteiger partial charge in [-0.1, -0.05) is 48.5 Å². The van der Waals surface area contributed by atoms with Crippen LogP contribution >= 0.6 is 0 Å². The van der Waals surface area contributed by atoms with Gasteiger partial charge in [-0.2, -0.15) is 0 Å². The number of hydrogen-bond donors (Lipinski definition) is 1. The van der Waals surface area contributed by atoms with Gasteiger partial charge in [0.25, 0.3) is 0 Å². The molecule has 2 aliphatic rings. The van der Waals surface area contributed by atoms with Crippen LogP contribution in [0.25, 0.3) is 11.1 Å². The van der Waals surface area contributed by atoms with Gasteiger partial charge >= 0.3 is 12.1 Å². The first-order chi connectivity index (χ1) is 13.0. The third kappa shape index (κ3) is 3.06. The summed E-state index contributed by atoms with van der Waals surface area (Å²) in [7, 11) is 1.47. The van der Waals surface area contributed by atoms with Crippen LogP contribution in [0, 0.1) is 0 Å². The zero-order chi connectivity index (χ0) is 19.0. The number of carbonyl (C=O) groups excluding carboxylic acids is 1. The number of amides is 1. The Bertz CT molecular complexity index is 842. The molecule has 1 aliphatic heterocycles. The molecular weight excluding hydrogens is 346 g/mol. The van der Waals surface area contributed by atoms with E-state index in [-0.39, 0.29) is 32.0 Å². The van der Waals surface area contributed by atoms with Crippen LogP contribution < -0.4 is 0 Å². The summed E-state index contributed by atoms with van der Waals surface area (Å²) in [4.78, 5) is 24.8. The zero-order valence-electron chi connectivity index (χ0n) is 15.1. The van der Waals surface area contributed by atoms with Gasteiger partial charge in [0.2, 0.25) is 0 Å². The smallest absolute Gasteiger partial charge is 0.409 e. The summed E-state index contributed by atoms with van der Waals surface area (Å²) in [6.45, 7) is 0.710. The Kier molecular flexibility index (Phi) is 4.36. The van der Waals surface area contributed by atoms with Crippen molar-refractivity contribution in [1.82, 2.24) is 4.90 Å². The van der Waals surface area contributed by atoms with E-state index in [1.54, 1.807) is 0 Å². The third-order valence-electron chi connectivity index (χ3n) is 5.46. The molecule has 0 aromatic heterocycles. The van der Waals surface area contributed by atoms with Gasteiger partial charge in [-0.15, -0.1) is 0 Å². The maximum absolute atomic E-state index is 12.4. The summed E-state index contributed by atoms with van der Waals surface area (Å²) in [5, 5.41) is 8.99. The second-order valence-corrected chi connectivity index (χ2v) is 7.12. The third-order valence-corrected chi connectivity index (χ3v) is 5.46. The lowest BCUT2D eigenvalue weighted by Crippen LogP contribution is -2.65. The number of methoxy groups -OCH3 is 1. The highest BCUT2D eigenvalue weighted by atomic mass is 16.6. The second kappa shape index (κ2) is 6.70. The first kappa shape index (κ1) is 17.5. The molecule has 1 fully saturated rings. The van der Waals surface area contributed by atoms with Crippen LogP contribution in [0.2, 0.25) is 0 Å². The van der Waals surface area contributed by atoms with Crippen molar-refractivity contribution in [2.75, 3.05) is 26.8 Å². The second-order valence-electron chi connectivity index (χ2n) is 7.12. The van der Waals surface area contributed by atoms with Crippen LogP contribution in [0.4, 0.5) is 4.79 Å². The molecular formula is C21H21NO5. The summed E-state index contributed by atoms with van der Waals surface area (Å²) >= 11 is 0. The lowest BCUT2D eigenvalue weighted by Gasteiger charge is -2.47. The van der Waals surface area contributed by atoms with E-state index in [1.807, 2.05) is 24.3 Å². The topological polar surface area (TPSA) is 76.1 Å². The Balaban J connectivity index is 1.43. The van der Waals surface area contributed by atoms with Crippen molar-refractivity contribution in [2.24, 2.45) is 0 Å². The molecule has 4 rings (SSSR count). The molecule has 1 saturated heterocycles. The van der Waals surface area contributed by atoms with Crippen LogP contribution in [0.1, 0.15) is 23.5 Å². The van der Waals surface area contributed by atoms with Crippen LogP contribution in [0.5, 0.6) is 0 Å². The number of rotatable bonds is 5. The minimum atomic E-state index is -0.941. The molecule has 1 amide bonds. The van der Waals surface area contributed by atoms with Crippen molar-refractivity contribution >= 4 is 12.1 Å². The van der Waals surface area contributed by atoms with Crippen molar-refractivity contribution in [2.45, 2.75) is 17.9 Å². The minimum Gasteiger partial charge on any atom is -0.481 e. The fourth-order valence-corrected chi connectivity index (χ4v) is 4.05. The molecule has 27 heavy (non-hydrogen) atoms. The molecule has 0 unspecified atom stereocenters. The first-order valence-corrected chi connectivity index (χ1v) is 8.90. The van der Waals surface area contributed by atoms with E-state index in [2.05, 4.69) is 24.3 Å². The molecule has 6 nitrogen and oxygen atoms in total.